The molecule has 3 aromatic carbocycles. The summed E-state index contributed by atoms with van der Waals surface area (Å²) in [5.41, 5.74) is 0.762. The van der Waals surface area contributed by atoms with Crippen LogP contribution in [0, 0.1) is 0 Å². The molecule has 0 aliphatic rings. The Morgan fingerprint density at radius 1 is 0.724 bits per heavy atom. The maximum atomic E-state index is 13.4. The summed E-state index contributed by atoms with van der Waals surface area (Å²) in [5.74, 6) is -0.579. The summed E-state index contributed by atoms with van der Waals surface area (Å²) in [4.78, 5) is 12.7. The average Bonchev–Trinajstić information content (AvgIpc) is 2.75. The van der Waals surface area contributed by atoms with Gasteiger partial charge in [0.2, 0.25) is 9.84 Å². The van der Waals surface area contributed by atoms with Gasteiger partial charge in [-0.2, -0.15) is 0 Å². The van der Waals surface area contributed by atoms with Crippen molar-refractivity contribution in [2.75, 3.05) is 0 Å². The van der Waals surface area contributed by atoms with Gasteiger partial charge in [0, 0.05) is 11.8 Å². The molecule has 1 aromatic heterocycles. The Kier molecular flexibility index (Phi) is 4.78. The van der Waals surface area contributed by atoms with Gasteiger partial charge in [0.15, 0.2) is 4.90 Å². The molecule has 1 N–H and O–H groups in total. The van der Waals surface area contributed by atoms with Gasteiger partial charge >= 0.3 is 0 Å². The number of nitrogens with zero attached hydrogens (tertiary/aromatic N) is 1. The molecule has 0 unspecified atom stereocenters. The molecule has 29 heavy (non-hydrogen) atoms. The van der Waals surface area contributed by atoms with Crippen LogP contribution in [0.4, 0.5) is 0 Å². The number of para-hydroxylation sites is 1. The molecule has 0 saturated heterocycles. The largest absolute Gasteiger partial charge is 0.506 e. The molecule has 0 fully saturated rings. The van der Waals surface area contributed by atoms with Crippen LogP contribution in [0.15, 0.2) is 112 Å². The van der Waals surface area contributed by atoms with Crippen LogP contribution < -0.4 is 5.56 Å². The second kappa shape index (κ2) is 7.41. The second-order valence-electron chi connectivity index (χ2n) is 6.40. The lowest BCUT2D eigenvalue weighted by atomic mass is 10.1. The lowest BCUT2D eigenvalue weighted by molar-refractivity contribution is 0.454. The highest BCUT2D eigenvalue weighted by atomic mass is 32.2. The molecule has 0 saturated carbocycles. The number of sulfone groups is 1. The van der Waals surface area contributed by atoms with Gasteiger partial charge in [-0.05, 0) is 29.8 Å². The second-order valence-corrected chi connectivity index (χ2v) is 8.29. The van der Waals surface area contributed by atoms with Crippen LogP contribution in [0.5, 0.6) is 5.75 Å². The fraction of sp³-hybridized carbons (Fsp3) is 0. The van der Waals surface area contributed by atoms with Crippen molar-refractivity contribution in [1.82, 2.24) is 4.57 Å². The Hall–Kier alpha value is -3.64. The highest BCUT2D eigenvalue weighted by Gasteiger charge is 2.28. The van der Waals surface area contributed by atoms with Crippen LogP contribution in [0.3, 0.4) is 0 Å². The van der Waals surface area contributed by atoms with Gasteiger partial charge in [-0.25, -0.2) is 8.42 Å². The predicted molar refractivity (Wildman–Crippen MR) is 111 cm³/mol. The molecule has 0 bridgehead atoms. The average molecular weight is 403 g/mol. The molecule has 6 heteroatoms. The SMILES string of the molecule is O=c1c(S(=O)(=O)c2ccccc2)c(O)cc(-c2ccccc2)n1-c1ccccc1. The molecule has 0 radical (unpaired) electrons. The first-order chi connectivity index (χ1) is 14.0. The van der Waals surface area contributed by atoms with Crippen LogP contribution in [-0.2, 0) is 9.84 Å². The number of rotatable bonds is 4. The molecule has 1 heterocycles. The molecule has 0 spiro atoms. The quantitative estimate of drug-likeness (QED) is 0.558. The minimum absolute atomic E-state index is 0.0560. The molecule has 0 aliphatic heterocycles. The van der Waals surface area contributed by atoms with Crippen molar-refractivity contribution >= 4 is 9.84 Å². The van der Waals surface area contributed by atoms with E-state index in [1.54, 1.807) is 72.8 Å². The van der Waals surface area contributed by atoms with E-state index in [0.717, 1.165) is 0 Å². The first-order valence-corrected chi connectivity index (χ1v) is 10.4. The summed E-state index contributed by atoms with van der Waals surface area (Å²) in [6, 6.07) is 26.7. The van der Waals surface area contributed by atoms with Crippen LogP contribution in [0.25, 0.3) is 16.9 Å². The first-order valence-electron chi connectivity index (χ1n) is 8.90. The molecule has 5 nitrogen and oxygen atoms in total. The third-order valence-electron chi connectivity index (χ3n) is 4.55. The zero-order valence-electron chi connectivity index (χ0n) is 15.3. The molecule has 4 aromatic rings. The molecular weight excluding hydrogens is 386 g/mol. The minimum atomic E-state index is -4.21. The smallest absolute Gasteiger partial charge is 0.278 e. The number of hydrogen-bond donors (Lipinski definition) is 1. The Labute approximate surface area is 168 Å². The van der Waals surface area contributed by atoms with Crippen LogP contribution in [0.1, 0.15) is 0 Å². The van der Waals surface area contributed by atoms with Gasteiger partial charge in [-0.3, -0.25) is 9.36 Å². The van der Waals surface area contributed by atoms with Gasteiger partial charge in [-0.1, -0.05) is 66.7 Å². The van der Waals surface area contributed by atoms with E-state index in [0.29, 0.717) is 16.9 Å². The van der Waals surface area contributed by atoms with Gasteiger partial charge in [0.05, 0.1) is 10.6 Å². The topological polar surface area (TPSA) is 76.4 Å². The van der Waals surface area contributed by atoms with Gasteiger partial charge in [-0.15, -0.1) is 0 Å². The van der Waals surface area contributed by atoms with Crippen LogP contribution >= 0.6 is 0 Å². The zero-order valence-corrected chi connectivity index (χ0v) is 16.1. The number of benzene rings is 3. The summed E-state index contributed by atoms with van der Waals surface area (Å²) in [7, 11) is -4.21. The van der Waals surface area contributed by atoms with Crippen LogP contribution in [-0.4, -0.2) is 18.1 Å². The monoisotopic (exact) mass is 403 g/mol. The minimum Gasteiger partial charge on any atom is -0.506 e. The van der Waals surface area contributed by atoms with Gasteiger partial charge in [0.1, 0.15) is 5.75 Å². The van der Waals surface area contributed by atoms with Crippen molar-refractivity contribution in [1.29, 1.82) is 0 Å². The van der Waals surface area contributed by atoms with Crippen molar-refractivity contribution in [3.63, 3.8) is 0 Å². The Balaban J connectivity index is 2.08. The molecule has 0 atom stereocenters. The van der Waals surface area contributed by atoms with Crippen molar-refractivity contribution in [3.8, 4) is 22.7 Å². The molecule has 144 valence electrons. The first kappa shape index (κ1) is 18.7. The summed E-state index contributed by atoms with van der Waals surface area (Å²) in [6.07, 6.45) is 0. The number of pyridine rings is 1. The van der Waals surface area contributed by atoms with E-state index in [9.17, 15) is 18.3 Å². The van der Waals surface area contributed by atoms with Crippen molar-refractivity contribution in [3.05, 3.63) is 107 Å². The van der Waals surface area contributed by atoms with Crippen molar-refractivity contribution in [2.24, 2.45) is 0 Å². The number of aromatic hydroxyl groups is 1. The number of aromatic nitrogens is 1. The van der Waals surface area contributed by atoms with Crippen molar-refractivity contribution in [2.45, 2.75) is 9.79 Å². The van der Waals surface area contributed by atoms with E-state index in [2.05, 4.69) is 0 Å². The maximum absolute atomic E-state index is 13.4. The molecule has 4 rings (SSSR count). The lowest BCUT2D eigenvalue weighted by Gasteiger charge is -2.16. The van der Waals surface area contributed by atoms with Crippen LogP contribution in [0.2, 0.25) is 0 Å². The third kappa shape index (κ3) is 3.34. The fourth-order valence-electron chi connectivity index (χ4n) is 3.20. The van der Waals surface area contributed by atoms with Gasteiger partial charge < -0.3 is 5.11 Å². The highest BCUT2D eigenvalue weighted by molar-refractivity contribution is 7.91. The summed E-state index contributed by atoms with van der Waals surface area (Å²) in [6.45, 7) is 0. The Morgan fingerprint density at radius 2 is 1.24 bits per heavy atom. The van der Waals surface area contributed by atoms with E-state index in [1.807, 2.05) is 6.07 Å². The predicted octanol–water partition coefficient (Wildman–Crippen LogP) is 4.04. The standard InChI is InChI=1S/C23H17NO4S/c25-21-16-20(17-10-4-1-5-11-17)24(18-12-6-2-7-13-18)23(26)22(21)29(27,28)19-14-8-3-9-15-19/h1-16,25H. The molecular formula is C23H17NO4S. The lowest BCUT2D eigenvalue weighted by Crippen LogP contribution is -2.26. The summed E-state index contributed by atoms with van der Waals surface area (Å²) in [5, 5.41) is 10.6. The Bertz CT molecular complexity index is 1310. The maximum Gasteiger partial charge on any atom is 0.278 e. The van der Waals surface area contributed by atoms with Crippen molar-refractivity contribution < 1.29 is 13.5 Å². The van der Waals surface area contributed by atoms with E-state index in [1.165, 1.54) is 22.8 Å². The molecule has 0 amide bonds. The zero-order chi connectivity index (χ0) is 20.4. The summed E-state index contributed by atoms with van der Waals surface area (Å²) >= 11 is 0. The fourth-order valence-corrected chi connectivity index (χ4v) is 4.61. The molecule has 0 aliphatic carbocycles. The van der Waals surface area contributed by atoms with E-state index in [-0.39, 0.29) is 4.90 Å². The Morgan fingerprint density at radius 3 is 1.83 bits per heavy atom. The van der Waals surface area contributed by atoms with Gasteiger partial charge in [0.25, 0.3) is 5.56 Å². The van der Waals surface area contributed by atoms with E-state index in [4.69, 9.17) is 0 Å². The van der Waals surface area contributed by atoms with E-state index >= 15 is 0 Å². The van der Waals surface area contributed by atoms with E-state index < -0.39 is 26.0 Å². The normalized spacial score (nSPS) is 11.3. The third-order valence-corrected chi connectivity index (χ3v) is 6.36. The number of hydrogen-bond acceptors (Lipinski definition) is 4. The highest BCUT2D eigenvalue weighted by Crippen LogP contribution is 2.31. The summed E-state index contributed by atoms with van der Waals surface area (Å²) < 4.78 is 27.6.